The monoisotopic (exact) mass is 428 g/mol. The maximum absolute atomic E-state index is 12.8. The highest BCUT2D eigenvalue weighted by Gasteiger charge is 2.26. The first-order valence-electron chi connectivity index (χ1n) is 10.4. The third-order valence-corrected chi connectivity index (χ3v) is 5.32. The molecule has 32 heavy (non-hydrogen) atoms. The molecule has 162 valence electrons. The molecule has 0 fully saturated rings. The van der Waals surface area contributed by atoms with Gasteiger partial charge in [-0.05, 0) is 36.4 Å². The van der Waals surface area contributed by atoms with Gasteiger partial charge in [-0.25, -0.2) is 0 Å². The van der Waals surface area contributed by atoms with Gasteiger partial charge in [0.2, 0.25) is 17.7 Å². The van der Waals surface area contributed by atoms with E-state index in [0.29, 0.717) is 17.1 Å². The first-order valence-corrected chi connectivity index (χ1v) is 10.4. The second-order valence-electron chi connectivity index (χ2n) is 7.51. The molecular formula is C25H24N4O3. The van der Waals surface area contributed by atoms with Crippen molar-refractivity contribution in [3.8, 4) is 0 Å². The lowest BCUT2D eigenvalue weighted by Crippen LogP contribution is -2.42. The lowest BCUT2D eigenvalue weighted by molar-refractivity contribution is -0.124. The quantitative estimate of drug-likeness (QED) is 0.618. The van der Waals surface area contributed by atoms with Crippen LogP contribution in [0.3, 0.4) is 0 Å². The molecule has 1 aliphatic rings. The van der Waals surface area contributed by atoms with Crippen LogP contribution in [0.1, 0.15) is 12.8 Å². The predicted octanol–water partition coefficient (Wildman–Crippen LogP) is 4.16. The maximum Gasteiger partial charge on any atom is 0.244 e. The molecule has 3 aromatic carbocycles. The summed E-state index contributed by atoms with van der Waals surface area (Å²) in [6.07, 6.45) is 0.0205. The van der Waals surface area contributed by atoms with Crippen molar-refractivity contribution < 1.29 is 14.4 Å². The third kappa shape index (κ3) is 4.62. The average molecular weight is 428 g/mol. The molecule has 4 rings (SSSR count). The molecule has 0 bridgehead atoms. The highest BCUT2D eigenvalue weighted by Crippen LogP contribution is 2.31. The zero-order valence-electron chi connectivity index (χ0n) is 17.7. The number of hydrogen-bond acceptors (Lipinski definition) is 4. The van der Waals surface area contributed by atoms with Crippen molar-refractivity contribution in [1.82, 2.24) is 0 Å². The Morgan fingerprint density at radius 1 is 0.938 bits per heavy atom. The Morgan fingerprint density at radius 3 is 2.44 bits per heavy atom. The fourth-order valence-corrected chi connectivity index (χ4v) is 3.69. The van der Waals surface area contributed by atoms with E-state index < -0.39 is 0 Å². The van der Waals surface area contributed by atoms with E-state index in [1.54, 1.807) is 18.2 Å². The van der Waals surface area contributed by atoms with Gasteiger partial charge in [0.25, 0.3) is 0 Å². The largest absolute Gasteiger partial charge is 0.343 e. The average Bonchev–Trinajstić information content (AvgIpc) is 2.82. The summed E-state index contributed by atoms with van der Waals surface area (Å²) in [6, 6.07) is 24.5. The highest BCUT2D eigenvalue weighted by molar-refractivity contribution is 6.10. The third-order valence-electron chi connectivity index (χ3n) is 5.32. The van der Waals surface area contributed by atoms with Crippen LogP contribution in [-0.4, -0.2) is 31.3 Å². The first-order chi connectivity index (χ1) is 15.5. The summed E-state index contributed by atoms with van der Waals surface area (Å²) in [5.41, 5.74) is 3.75. The van der Waals surface area contributed by atoms with Crippen LogP contribution >= 0.6 is 0 Å². The minimum Gasteiger partial charge on any atom is -0.343 e. The molecule has 1 aliphatic heterocycles. The molecule has 7 nitrogen and oxygen atoms in total. The van der Waals surface area contributed by atoms with Gasteiger partial charge in [-0.3, -0.25) is 14.4 Å². The summed E-state index contributed by atoms with van der Waals surface area (Å²) >= 11 is 0. The van der Waals surface area contributed by atoms with E-state index in [0.717, 1.165) is 11.4 Å². The number of para-hydroxylation sites is 5. The molecule has 1 heterocycles. The van der Waals surface area contributed by atoms with Crippen molar-refractivity contribution in [3.05, 3.63) is 78.9 Å². The molecule has 0 spiro atoms. The fourth-order valence-electron chi connectivity index (χ4n) is 3.69. The van der Waals surface area contributed by atoms with Crippen LogP contribution in [0.5, 0.6) is 0 Å². The van der Waals surface area contributed by atoms with Crippen molar-refractivity contribution >= 4 is 46.2 Å². The summed E-state index contributed by atoms with van der Waals surface area (Å²) < 4.78 is 0. The normalized spacial score (nSPS) is 12.5. The molecule has 7 heteroatoms. The molecule has 2 N–H and O–H groups in total. The molecule has 0 saturated carbocycles. The van der Waals surface area contributed by atoms with Gasteiger partial charge in [-0.1, -0.05) is 42.5 Å². The number of amides is 3. The van der Waals surface area contributed by atoms with Crippen LogP contribution < -0.4 is 20.4 Å². The molecular weight excluding hydrogens is 404 g/mol. The molecule has 0 radical (unpaired) electrons. The number of hydrogen-bond donors (Lipinski definition) is 2. The Hall–Kier alpha value is -4.13. The molecule has 0 aliphatic carbocycles. The first kappa shape index (κ1) is 21.1. The van der Waals surface area contributed by atoms with Crippen molar-refractivity contribution in [3.63, 3.8) is 0 Å². The Balaban J connectivity index is 1.41. The summed E-state index contributed by atoms with van der Waals surface area (Å²) in [5, 5.41) is 5.67. The number of nitrogens with zero attached hydrogens (tertiary/aromatic N) is 2. The van der Waals surface area contributed by atoms with Crippen molar-refractivity contribution in [2.24, 2.45) is 0 Å². The number of carbonyl (C=O) groups is 3. The molecule has 0 atom stereocenters. The summed E-state index contributed by atoms with van der Waals surface area (Å²) in [6.45, 7) is -0.0534. The second kappa shape index (κ2) is 9.34. The zero-order chi connectivity index (χ0) is 22.5. The number of fused-ring (bicyclic) bond motifs is 1. The lowest BCUT2D eigenvalue weighted by atomic mass is 10.1. The van der Waals surface area contributed by atoms with Crippen LogP contribution in [0.2, 0.25) is 0 Å². The SMILES string of the molecule is CN(c1ccccc1)c1ccccc1NC(=O)CCC(=O)N1CC(=O)Nc2ccccc21. The fraction of sp³-hybridized carbons (Fsp3) is 0.160. The Labute approximate surface area is 186 Å². The van der Waals surface area contributed by atoms with Crippen LogP contribution in [0.4, 0.5) is 28.4 Å². The number of anilines is 5. The molecule has 0 unspecified atom stereocenters. The van der Waals surface area contributed by atoms with E-state index in [4.69, 9.17) is 0 Å². The maximum atomic E-state index is 12.8. The van der Waals surface area contributed by atoms with Gasteiger partial charge in [0.05, 0.1) is 22.7 Å². The molecule has 0 saturated heterocycles. The van der Waals surface area contributed by atoms with E-state index in [2.05, 4.69) is 10.6 Å². The Morgan fingerprint density at radius 2 is 1.62 bits per heavy atom. The van der Waals surface area contributed by atoms with Gasteiger partial charge >= 0.3 is 0 Å². The highest BCUT2D eigenvalue weighted by atomic mass is 16.2. The van der Waals surface area contributed by atoms with Crippen molar-refractivity contribution in [2.45, 2.75) is 12.8 Å². The van der Waals surface area contributed by atoms with E-state index in [1.165, 1.54) is 4.90 Å². The van der Waals surface area contributed by atoms with Crippen LogP contribution in [0.25, 0.3) is 0 Å². The minimum absolute atomic E-state index is 0.00411. The number of benzene rings is 3. The van der Waals surface area contributed by atoms with Crippen molar-refractivity contribution in [2.75, 3.05) is 34.0 Å². The summed E-state index contributed by atoms with van der Waals surface area (Å²) in [7, 11) is 1.93. The van der Waals surface area contributed by atoms with E-state index in [1.807, 2.05) is 72.6 Å². The Kier molecular flexibility index (Phi) is 6.17. The predicted molar refractivity (Wildman–Crippen MR) is 126 cm³/mol. The van der Waals surface area contributed by atoms with Gasteiger partial charge in [0.15, 0.2) is 0 Å². The Bertz CT molecular complexity index is 1150. The second-order valence-corrected chi connectivity index (χ2v) is 7.51. The number of rotatable bonds is 6. The van der Waals surface area contributed by atoms with Crippen LogP contribution in [0, 0.1) is 0 Å². The van der Waals surface area contributed by atoms with Gasteiger partial charge < -0.3 is 20.4 Å². The molecule has 3 amide bonds. The van der Waals surface area contributed by atoms with Gasteiger partial charge in [0.1, 0.15) is 6.54 Å². The van der Waals surface area contributed by atoms with Gasteiger partial charge in [-0.2, -0.15) is 0 Å². The zero-order valence-corrected chi connectivity index (χ0v) is 17.7. The van der Waals surface area contributed by atoms with Crippen LogP contribution in [0.15, 0.2) is 78.9 Å². The van der Waals surface area contributed by atoms with Crippen molar-refractivity contribution in [1.29, 1.82) is 0 Å². The summed E-state index contributed by atoms with van der Waals surface area (Å²) in [4.78, 5) is 40.8. The molecule has 0 aromatic heterocycles. The van der Waals surface area contributed by atoms with E-state index in [-0.39, 0.29) is 37.1 Å². The number of nitrogens with one attached hydrogen (secondary N) is 2. The van der Waals surface area contributed by atoms with E-state index >= 15 is 0 Å². The topological polar surface area (TPSA) is 81.8 Å². The smallest absolute Gasteiger partial charge is 0.244 e. The summed E-state index contributed by atoms with van der Waals surface area (Å²) in [5.74, 6) is -0.779. The molecule has 3 aromatic rings. The van der Waals surface area contributed by atoms with Crippen LogP contribution in [-0.2, 0) is 14.4 Å². The number of carbonyl (C=O) groups excluding carboxylic acids is 3. The minimum atomic E-state index is -0.267. The standard InChI is InChI=1S/C25H24N4O3/c1-28(18-9-3-2-4-10-18)21-13-7-5-11-19(21)26-23(30)15-16-25(32)29-17-24(31)27-20-12-6-8-14-22(20)29/h2-14H,15-17H2,1H3,(H,26,30)(H,27,31). The van der Waals surface area contributed by atoms with Gasteiger partial charge in [0, 0.05) is 25.6 Å². The van der Waals surface area contributed by atoms with E-state index in [9.17, 15) is 14.4 Å². The van der Waals surface area contributed by atoms with Gasteiger partial charge in [-0.15, -0.1) is 0 Å². The lowest BCUT2D eigenvalue weighted by Gasteiger charge is -2.29.